The number of H-pyrrole nitrogens is 1. The number of carbonyl (C=O) groups is 1. The number of rotatable bonds is 2. The molecule has 1 aromatic heterocycles. The quantitative estimate of drug-likeness (QED) is 0.674. The highest BCUT2D eigenvalue weighted by Gasteiger charge is 2.25. The van der Waals surface area contributed by atoms with Crippen LogP contribution in [0.4, 0.5) is 0 Å². The lowest BCUT2D eigenvalue weighted by molar-refractivity contribution is 0.0601. The fraction of sp³-hybridized carbons (Fsp3) is 0.471. The molecule has 23 heavy (non-hydrogen) atoms. The van der Waals surface area contributed by atoms with Crippen LogP contribution >= 0.6 is 12.2 Å². The van der Waals surface area contributed by atoms with Crippen LogP contribution in [-0.2, 0) is 4.74 Å². The van der Waals surface area contributed by atoms with Crippen molar-refractivity contribution in [3.05, 3.63) is 38.9 Å². The van der Waals surface area contributed by atoms with Crippen LogP contribution in [0.3, 0.4) is 0 Å². The second-order valence-electron chi connectivity index (χ2n) is 6.19. The molecule has 0 amide bonds. The summed E-state index contributed by atoms with van der Waals surface area (Å²) in [6.07, 6.45) is 4.42. The number of carbonyl (C=O) groups excluding carboxylic acids is 1. The number of ether oxygens (including phenoxy) is 1. The fourth-order valence-electron chi connectivity index (χ4n) is 3.46. The average molecular weight is 332 g/mol. The summed E-state index contributed by atoms with van der Waals surface area (Å²) in [6, 6.07) is 5.04. The van der Waals surface area contributed by atoms with Gasteiger partial charge < -0.3 is 9.72 Å². The van der Waals surface area contributed by atoms with Gasteiger partial charge in [0.1, 0.15) is 0 Å². The van der Waals surface area contributed by atoms with Gasteiger partial charge in [-0.25, -0.2) is 4.79 Å². The Bertz CT molecular complexity index is 868. The molecule has 0 radical (unpaired) electrons. The summed E-state index contributed by atoms with van der Waals surface area (Å²) in [7, 11) is 1.33. The number of aromatic nitrogens is 2. The third-order valence-electron chi connectivity index (χ3n) is 4.75. The largest absolute Gasteiger partial charge is 0.465 e. The molecule has 2 aromatic rings. The van der Waals surface area contributed by atoms with Gasteiger partial charge in [0.25, 0.3) is 5.56 Å². The summed E-state index contributed by atoms with van der Waals surface area (Å²) in [5.74, 6) is -0.000331. The van der Waals surface area contributed by atoms with Crippen molar-refractivity contribution in [3.8, 4) is 0 Å². The van der Waals surface area contributed by atoms with Crippen molar-refractivity contribution in [1.29, 1.82) is 0 Å². The Morgan fingerprint density at radius 3 is 2.78 bits per heavy atom. The number of esters is 1. The maximum atomic E-state index is 12.9. The Morgan fingerprint density at radius 1 is 1.35 bits per heavy atom. The molecule has 0 bridgehead atoms. The molecule has 1 aliphatic carbocycles. The number of benzene rings is 1. The minimum absolute atomic E-state index is 0.0843. The van der Waals surface area contributed by atoms with Crippen LogP contribution in [0.1, 0.15) is 49.0 Å². The van der Waals surface area contributed by atoms with Crippen LogP contribution < -0.4 is 5.56 Å². The Hall–Kier alpha value is -1.95. The smallest absolute Gasteiger partial charge is 0.337 e. The molecule has 1 saturated carbocycles. The molecule has 0 aliphatic heterocycles. The van der Waals surface area contributed by atoms with Crippen LogP contribution in [0.5, 0.6) is 0 Å². The van der Waals surface area contributed by atoms with Gasteiger partial charge >= 0.3 is 5.97 Å². The normalized spacial score (nSPS) is 21.3. The third-order valence-corrected chi connectivity index (χ3v) is 5.05. The molecule has 1 aliphatic rings. The molecule has 122 valence electrons. The molecular formula is C17H20N2O3S. The fourth-order valence-corrected chi connectivity index (χ4v) is 3.79. The van der Waals surface area contributed by atoms with Crippen molar-refractivity contribution >= 4 is 29.1 Å². The Kier molecular flexibility index (Phi) is 4.35. The van der Waals surface area contributed by atoms with Crippen LogP contribution in [0.2, 0.25) is 0 Å². The number of methoxy groups -OCH3 is 1. The molecule has 1 fully saturated rings. The Balaban J connectivity index is 2.17. The van der Waals surface area contributed by atoms with Crippen LogP contribution in [0, 0.1) is 10.7 Å². The Labute approximate surface area is 139 Å². The van der Waals surface area contributed by atoms with Crippen LogP contribution in [0.15, 0.2) is 23.0 Å². The van der Waals surface area contributed by atoms with Crippen molar-refractivity contribution in [2.75, 3.05) is 7.11 Å². The summed E-state index contributed by atoms with van der Waals surface area (Å²) in [5.41, 5.74) is 0.885. The van der Waals surface area contributed by atoms with Crippen LogP contribution in [0.25, 0.3) is 10.9 Å². The monoisotopic (exact) mass is 332 g/mol. The maximum absolute atomic E-state index is 12.9. The van der Waals surface area contributed by atoms with Crippen molar-refractivity contribution in [2.24, 2.45) is 5.92 Å². The first-order chi connectivity index (χ1) is 11.0. The van der Waals surface area contributed by atoms with E-state index in [1.165, 1.54) is 13.5 Å². The highest BCUT2D eigenvalue weighted by molar-refractivity contribution is 7.71. The first-order valence-electron chi connectivity index (χ1n) is 7.90. The van der Waals surface area contributed by atoms with E-state index in [9.17, 15) is 9.59 Å². The van der Waals surface area contributed by atoms with E-state index in [4.69, 9.17) is 17.0 Å². The molecule has 1 aromatic carbocycles. The van der Waals surface area contributed by atoms with Gasteiger partial charge in [-0.15, -0.1) is 0 Å². The summed E-state index contributed by atoms with van der Waals surface area (Å²) >= 11 is 5.43. The highest BCUT2D eigenvalue weighted by Crippen LogP contribution is 2.33. The van der Waals surface area contributed by atoms with Crippen molar-refractivity contribution in [1.82, 2.24) is 9.55 Å². The lowest BCUT2D eigenvalue weighted by Gasteiger charge is -2.30. The molecule has 0 unspecified atom stereocenters. The third kappa shape index (κ3) is 2.83. The summed E-state index contributed by atoms with van der Waals surface area (Å²) in [4.78, 5) is 27.7. The van der Waals surface area contributed by atoms with E-state index in [0.717, 1.165) is 19.3 Å². The number of aromatic amines is 1. The number of hydrogen-bond donors (Lipinski definition) is 1. The van der Waals surface area contributed by atoms with Gasteiger partial charge in [0, 0.05) is 6.04 Å². The minimum Gasteiger partial charge on any atom is -0.465 e. The van der Waals surface area contributed by atoms with Gasteiger partial charge in [0.05, 0.1) is 23.6 Å². The van der Waals surface area contributed by atoms with Gasteiger partial charge in [-0.2, -0.15) is 0 Å². The number of hydrogen-bond acceptors (Lipinski definition) is 4. The first-order valence-corrected chi connectivity index (χ1v) is 8.30. The van der Waals surface area contributed by atoms with Crippen molar-refractivity contribution in [2.45, 2.75) is 38.6 Å². The molecule has 0 spiro atoms. The first kappa shape index (κ1) is 15.9. The summed E-state index contributed by atoms with van der Waals surface area (Å²) in [5, 5.41) is 0.545. The number of nitrogens with zero attached hydrogens (tertiary/aromatic N) is 1. The van der Waals surface area contributed by atoms with E-state index in [1.807, 2.05) is 0 Å². The molecule has 6 heteroatoms. The van der Waals surface area contributed by atoms with Gasteiger partial charge in [-0.05, 0) is 49.2 Å². The molecular weight excluding hydrogens is 312 g/mol. The van der Waals surface area contributed by atoms with E-state index in [1.54, 1.807) is 22.8 Å². The average Bonchev–Trinajstić information content (AvgIpc) is 2.55. The highest BCUT2D eigenvalue weighted by atomic mass is 32.1. The topological polar surface area (TPSA) is 64.1 Å². The maximum Gasteiger partial charge on any atom is 0.337 e. The van der Waals surface area contributed by atoms with E-state index >= 15 is 0 Å². The second-order valence-corrected chi connectivity index (χ2v) is 6.57. The van der Waals surface area contributed by atoms with E-state index in [0.29, 0.717) is 27.2 Å². The standard InChI is InChI=1S/C17H20N2O3S/c1-10-5-3-4-6-14(10)19-15(20)12-8-7-11(16(21)22-2)9-13(12)18-17(19)23/h7-10,14H,3-6H2,1-2H3,(H,18,23)/t10-,14+/m0/s1. The van der Waals surface area contributed by atoms with Crippen molar-refractivity contribution < 1.29 is 9.53 Å². The van der Waals surface area contributed by atoms with Crippen molar-refractivity contribution in [3.63, 3.8) is 0 Å². The number of fused-ring (bicyclic) bond motifs is 1. The summed E-state index contributed by atoms with van der Waals surface area (Å²) in [6.45, 7) is 2.18. The number of nitrogens with one attached hydrogen (secondary N) is 1. The van der Waals surface area contributed by atoms with Gasteiger partial charge in [-0.3, -0.25) is 9.36 Å². The van der Waals surface area contributed by atoms with E-state index in [2.05, 4.69) is 11.9 Å². The lowest BCUT2D eigenvalue weighted by Crippen LogP contribution is -2.32. The molecule has 3 rings (SSSR count). The molecule has 0 saturated heterocycles. The second kappa shape index (κ2) is 6.28. The van der Waals surface area contributed by atoms with Gasteiger partial charge in [-0.1, -0.05) is 19.8 Å². The summed E-state index contributed by atoms with van der Waals surface area (Å²) < 4.78 is 6.86. The zero-order chi connectivity index (χ0) is 16.6. The SMILES string of the molecule is COC(=O)c1ccc2c(=O)n([C@@H]3CCCC[C@@H]3C)c(=S)[nH]c2c1. The Morgan fingerprint density at radius 2 is 2.09 bits per heavy atom. The molecule has 1 heterocycles. The zero-order valence-electron chi connectivity index (χ0n) is 13.3. The molecule has 5 nitrogen and oxygen atoms in total. The van der Waals surface area contributed by atoms with Gasteiger partial charge in [0.2, 0.25) is 0 Å². The molecule has 1 N–H and O–H groups in total. The van der Waals surface area contributed by atoms with E-state index < -0.39 is 5.97 Å². The zero-order valence-corrected chi connectivity index (χ0v) is 14.1. The predicted molar refractivity (Wildman–Crippen MR) is 91.4 cm³/mol. The van der Waals surface area contributed by atoms with Gasteiger partial charge in [0.15, 0.2) is 4.77 Å². The minimum atomic E-state index is -0.434. The van der Waals surface area contributed by atoms with E-state index in [-0.39, 0.29) is 11.6 Å². The predicted octanol–water partition coefficient (Wildman–Crippen LogP) is 3.60. The van der Waals surface area contributed by atoms with Crippen LogP contribution in [-0.4, -0.2) is 22.6 Å². The molecule has 2 atom stereocenters. The lowest BCUT2D eigenvalue weighted by atomic mass is 9.86.